The molecule has 2 aromatic heterocycles. The van der Waals surface area contributed by atoms with Gasteiger partial charge in [0.05, 0.1) is 24.6 Å². The topological polar surface area (TPSA) is 68.5 Å². The molecular formula is C18H13F4NO4S. The van der Waals surface area contributed by atoms with Crippen molar-refractivity contribution in [1.82, 2.24) is 4.57 Å². The van der Waals surface area contributed by atoms with Crippen LogP contribution < -0.4 is 4.74 Å². The number of fused-ring (bicyclic) bond motifs is 1. The van der Waals surface area contributed by atoms with E-state index in [9.17, 15) is 27.2 Å². The molecular weight excluding hydrogens is 402 g/mol. The van der Waals surface area contributed by atoms with Gasteiger partial charge in [-0.1, -0.05) is 0 Å². The fraction of sp³-hybridized carbons (Fsp3) is 0.222. The highest BCUT2D eigenvalue weighted by molar-refractivity contribution is 7.10. The van der Waals surface area contributed by atoms with Crippen molar-refractivity contribution in [2.45, 2.75) is 19.5 Å². The second-order valence-corrected chi connectivity index (χ2v) is 6.89. The van der Waals surface area contributed by atoms with E-state index in [1.165, 1.54) is 20.1 Å². The number of benzene rings is 1. The minimum atomic E-state index is -4.59. The largest absolute Gasteiger partial charge is 0.494 e. The number of alkyl halides is 3. The molecule has 28 heavy (non-hydrogen) atoms. The van der Waals surface area contributed by atoms with Crippen LogP contribution in [-0.2, 0) is 17.4 Å². The van der Waals surface area contributed by atoms with E-state index in [1.54, 1.807) is 0 Å². The lowest BCUT2D eigenvalue weighted by Crippen LogP contribution is -2.14. The fourth-order valence-corrected chi connectivity index (χ4v) is 3.75. The van der Waals surface area contributed by atoms with Gasteiger partial charge in [0.25, 0.3) is 5.91 Å². The van der Waals surface area contributed by atoms with Crippen molar-refractivity contribution in [1.29, 1.82) is 0 Å². The summed E-state index contributed by atoms with van der Waals surface area (Å²) in [6, 6.07) is 2.99. The molecule has 2 heterocycles. The number of halogens is 4. The van der Waals surface area contributed by atoms with E-state index in [-0.39, 0.29) is 33.5 Å². The van der Waals surface area contributed by atoms with E-state index in [0.29, 0.717) is 11.3 Å². The second-order valence-electron chi connectivity index (χ2n) is 5.98. The average Bonchev–Trinajstić information content (AvgIpc) is 3.18. The number of ether oxygens (including phenoxy) is 1. The minimum absolute atomic E-state index is 0.0526. The van der Waals surface area contributed by atoms with Crippen LogP contribution in [0.3, 0.4) is 0 Å². The smallest absolute Gasteiger partial charge is 0.425 e. The summed E-state index contributed by atoms with van der Waals surface area (Å²) in [5.74, 6) is -2.91. The standard InChI is InChI=1S/C18H13F4NO4S/c1-8-10(5-16(24)25)11-4-14(27-2)12(19)6-13(11)23(8)17(26)9-3-15(28-7-9)18(20,21)22/h3-4,6-7H,5H2,1-2H3,(H,24,25). The van der Waals surface area contributed by atoms with E-state index in [2.05, 4.69) is 0 Å². The molecule has 0 radical (unpaired) electrons. The van der Waals surface area contributed by atoms with Crippen LogP contribution in [0.1, 0.15) is 26.5 Å². The minimum Gasteiger partial charge on any atom is -0.494 e. The van der Waals surface area contributed by atoms with Crippen LogP contribution in [0.5, 0.6) is 5.75 Å². The Morgan fingerprint density at radius 2 is 1.93 bits per heavy atom. The number of rotatable bonds is 4. The molecule has 0 bridgehead atoms. The zero-order chi connectivity index (χ0) is 20.8. The maximum Gasteiger partial charge on any atom is 0.425 e. The molecule has 0 aliphatic heterocycles. The zero-order valence-corrected chi connectivity index (χ0v) is 15.4. The van der Waals surface area contributed by atoms with E-state index >= 15 is 0 Å². The molecule has 0 atom stereocenters. The number of aromatic nitrogens is 1. The van der Waals surface area contributed by atoms with Crippen molar-refractivity contribution >= 4 is 34.1 Å². The van der Waals surface area contributed by atoms with E-state index < -0.39 is 35.2 Å². The van der Waals surface area contributed by atoms with Crippen molar-refractivity contribution < 1.29 is 37.0 Å². The summed E-state index contributed by atoms with van der Waals surface area (Å²) in [7, 11) is 1.24. The maximum atomic E-state index is 14.2. The molecule has 1 N–H and O–H groups in total. The predicted octanol–water partition coefficient (Wildman–Crippen LogP) is 4.49. The van der Waals surface area contributed by atoms with Crippen molar-refractivity contribution in [2.75, 3.05) is 7.11 Å². The van der Waals surface area contributed by atoms with Gasteiger partial charge >= 0.3 is 12.1 Å². The van der Waals surface area contributed by atoms with Gasteiger partial charge in [-0.2, -0.15) is 13.2 Å². The number of nitrogens with zero attached hydrogens (tertiary/aromatic N) is 1. The first-order valence-corrected chi connectivity index (χ1v) is 8.72. The van der Waals surface area contributed by atoms with Gasteiger partial charge in [0.2, 0.25) is 0 Å². The van der Waals surface area contributed by atoms with Gasteiger partial charge < -0.3 is 9.84 Å². The highest BCUT2D eigenvalue weighted by Gasteiger charge is 2.33. The first-order valence-electron chi connectivity index (χ1n) is 7.84. The summed E-state index contributed by atoms with van der Waals surface area (Å²) in [5, 5.41) is 10.5. The molecule has 0 amide bonds. The lowest BCUT2D eigenvalue weighted by Gasteiger charge is -2.07. The highest BCUT2D eigenvalue weighted by Crippen LogP contribution is 2.36. The van der Waals surface area contributed by atoms with Crippen LogP contribution >= 0.6 is 11.3 Å². The lowest BCUT2D eigenvalue weighted by molar-refractivity contribution is -0.136. The molecule has 0 aliphatic carbocycles. The van der Waals surface area contributed by atoms with Crippen molar-refractivity contribution in [3.63, 3.8) is 0 Å². The van der Waals surface area contributed by atoms with Crippen LogP contribution in [0.25, 0.3) is 10.9 Å². The molecule has 148 valence electrons. The van der Waals surface area contributed by atoms with Gasteiger partial charge in [0.15, 0.2) is 11.6 Å². The van der Waals surface area contributed by atoms with Gasteiger partial charge in [-0.3, -0.25) is 14.2 Å². The quantitative estimate of drug-likeness (QED) is 0.638. The maximum absolute atomic E-state index is 14.2. The lowest BCUT2D eigenvalue weighted by atomic mass is 10.1. The van der Waals surface area contributed by atoms with Gasteiger partial charge in [-0.25, -0.2) is 4.39 Å². The third-order valence-corrected chi connectivity index (χ3v) is 5.24. The molecule has 0 saturated carbocycles. The van der Waals surface area contributed by atoms with Gasteiger partial charge in [-0.05, 0) is 24.6 Å². The molecule has 5 nitrogen and oxygen atoms in total. The molecule has 3 rings (SSSR count). The van der Waals surface area contributed by atoms with Crippen LogP contribution in [0, 0.1) is 12.7 Å². The van der Waals surface area contributed by atoms with Gasteiger partial charge in [0, 0.05) is 22.5 Å². The molecule has 0 saturated heterocycles. The summed E-state index contributed by atoms with van der Waals surface area (Å²) in [4.78, 5) is 23.2. The Hall–Kier alpha value is -2.88. The van der Waals surface area contributed by atoms with Crippen LogP contribution in [-0.4, -0.2) is 28.7 Å². The van der Waals surface area contributed by atoms with Gasteiger partial charge in [0.1, 0.15) is 4.88 Å². The Kier molecular flexibility index (Phi) is 4.92. The van der Waals surface area contributed by atoms with E-state index in [4.69, 9.17) is 9.84 Å². The van der Waals surface area contributed by atoms with Crippen LogP contribution in [0.4, 0.5) is 17.6 Å². The Balaban J connectivity index is 2.23. The normalized spacial score (nSPS) is 11.8. The first kappa shape index (κ1) is 19.9. The van der Waals surface area contributed by atoms with Crippen molar-refractivity contribution in [2.24, 2.45) is 0 Å². The summed E-state index contributed by atoms with van der Waals surface area (Å²) in [6.07, 6.45) is -5.04. The van der Waals surface area contributed by atoms with Gasteiger partial charge in [-0.15, -0.1) is 11.3 Å². The number of hydrogen-bond donors (Lipinski definition) is 1. The SMILES string of the molecule is COc1cc2c(CC(=O)O)c(C)n(C(=O)c3csc(C(F)(F)F)c3)c2cc1F. The molecule has 1 aromatic carbocycles. The molecule has 0 fully saturated rings. The Labute approximate surface area is 159 Å². The molecule has 0 aliphatic rings. The first-order chi connectivity index (χ1) is 13.0. The van der Waals surface area contributed by atoms with Crippen LogP contribution in [0.15, 0.2) is 23.6 Å². The fourth-order valence-electron chi connectivity index (χ4n) is 3.00. The second kappa shape index (κ2) is 6.93. The average molecular weight is 415 g/mol. The van der Waals surface area contributed by atoms with E-state index in [1.807, 2.05) is 0 Å². The number of aliphatic carboxylic acids is 1. The van der Waals surface area contributed by atoms with Crippen molar-refractivity contribution in [3.05, 3.63) is 51.1 Å². The number of thiophene rings is 1. The summed E-state index contributed by atoms with van der Waals surface area (Å²) >= 11 is 0.370. The number of methoxy groups -OCH3 is 1. The molecule has 3 aromatic rings. The van der Waals surface area contributed by atoms with E-state index in [0.717, 1.165) is 22.1 Å². The zero-order valence-electron chi connectivity index (χ0n) is 14.6. The Morgan fingerprint density at radius 1 is 1.25 bits per heavy atom. The highest BCUT2D eigenvalue weighted by atomic mass is 32.1. The number of carbonyl (C=O) groups excluding carboxylic acids is 1. The third kappa shape index (κ3) is 3.35. The monoisotopic (exact) mass is 415 g/mol. The molecule has 0 unspecified atom stereocenters. The van der Waals surface area contributed by atoms with Crippen LogP contribution in [0.2, 0.25) is 0 Å². The number of carbonyl (C=O) groups is 2. The predicted molar refractivity (Wildman–Crippen MR) is 93.6 cm³/mol. The number of carboxylic acids is 1. The number of carboxylic acid groups (broad SMARTS) is 1. The summed E-state index contributed by atoms with van der Waals surface area (Å²) in [5.41, 5.74) is 0.280. The number of hydrogen-bond acceptors (Lipinski definition) is 4. The van der Waals surface area contributed by atoms with Crippen molar-refractivity contribution in [3.8, 4) is 5.75 Å². The molecule has 0 spiro atoms. The summed E-state index contributed by atoms with van der Waals surface area (Å²) in [6.45, 7) is 1.46. The summed E-state index contributed by atoms with van der Waals surface area (Å²) < 4.78 is 58.7. The Bertz CT molecular complexity index is 1100. The Morgan fingerprint density at radius 3 is 2.46 bits per heavy atom. The molecule has 10 heteroatoms. The third-order valence-electron chi connectivity index (χ3n) is 4.27.